The molecule has 3 aliphatic heterocycles. The Hall–Kier alpha value is -6.14. The van der Waals surface area contributed by atoms with Gasteiger partial charge >= 0.3 is 0 Å². The van der Waals surface area contributed by atoms with E-state index in [-0.39, 0.29) is 0 Å². The highest BCUT2D eigenvalue weighted by molar-refractivity contribution is 6.04. The molecule has 0 radical (unpaired) electrons. The summed E-state index contributed by atoms with van der Waals surface area (Å²) < 4.78 is 0. The molecule has 0 bridgehead atoms. The van der Waals surface area contributed by atoms with E-state index in [1.165, 1.54) is 11.1 Å². The maximum absolute atomic E-state index is 5.58. The highest BCUT2D eigenvalue weighted by Crippen LogP contribution is 2.56. The van der Waals surface area contributed by atoms with E-state index in [1.54, 1.807) is 0 Å². The van der Waals surface area contributed by atoms with Crippen LogP contribution in [-0.2, 0) is 11.3 Å². The third kappa shape index (κ3) is 4.55. The van der Waals surface area contributed by atoms with Crippen LogP contribution in [0.1, 0.15) is 28.7 Å². The molecular formula is C43H36N6. The van der Waals surface area contributed by atoms with Crippen molar-refractivity contribution < 1.29 is 0 Å². The topological polar surface area (TPSA) is 37.7 Å². The van der Waals surface area contributed by atoms with Crippen LogP contribution in [0.15, 0.2) is 192 Å². The molecule has 0 N–H and O–H groups in total. The molecule has 6 aromatic carbocycles. The Kier molecular flexibility index (Phi) is 7.01. The first-order chi connectivity index (χ1) is 24.3. The lowest BCUT2D eigenvalue weighted by atomic mass is 9.81. The number of amidine groups is 2. The van der Waals surface area contributed by atoms with E-state index in [0.717, 1.165) is 47.3 Å². The molecule has 0 aliphatic carbocycles. The van der Waals surface area contributed by atoms with Crippen molar-refractivity contribution in [2.24, 2.45) is 10.2 Å². The van der Waals surface area contributed by atoms with E-state index < -0.39 is 11.3 Å². The van der Waals surface area contributed by atoms with Crippen LogP contribution < -0.4 is 10.0 Å². The van der Waals surface area contributed by atoms with Gasteiger partial charge in [-0.2, -0.15) is 10.2 Å². The van der Waals surface area contributed by atoms with E-state index in [9.17, 15) is 0 Å². The molecular weight excluding hydrogens is 601 g/mol. The fourth-order valence-electron chi connectivity index (χ4n) is 7.96. The Bertz CT molecular complexity index is 1950. The zero-order chi connectivity index (χ0) is 32.7. The van der Waals surface area contributed by atoms with Gasteiger partial charge in [-0.25, -0.2) is 10.0 Å². The Morgan fingerprint density at radius 1 is 0.367 bits per heavy atom. The lowest BCUT2D eigenvalue weighted by molar-refractivity contribution is 0.121. The zero-order valence-electron chi connectivity index (χ0n) is 27.1. The lowest BCUT2D eigenvalue weighted by Gasteiger charge is -2.50. The van der Waals surface area contributed by atoms with Crippen molar-refractivity contribution in [1.29, 1.82) is 0 Å². The van der Waals surface area contributed by atoms with Crippen molar-refractivity contribution in [3.63, 3.8) is 0 Å². The van der Waals surface area contributed by atoms with Gasteiger partial charge in [0.05, 0.1) is 11.4 Å². The molecule has 3 aliphatic rings. The van der Waals surface area contributed by atoms with Crippen LogP contribution in [0.25, 0.3) is 0 Å². The third-order valence-corrected chi connectivity index (χ3v) is 10.1. The number of hydrogen-bond acceptors (Lipinski definition) is 6. The van der Waals surface area contributed by atoms with Crippen LogP contribution in [0.4, 0.5) is 11.4 Å². The fraction of sp³-hybridized carbons (Fsp3) is 0.116. The Labute approximate surface area is 287 Å². The van der Waals surface area contributed by atoms with Crippen molar-refractivity contribution in [2.45, 2.75) is 17.7 Å². The summed E-state index contributed by atoms with van der Waals surface area (Å²) in [4.78, 5) is 5.11. The van der Waals surface area contributed by atoms with E-state index >= 15 is 0 Å². The quantitative estimate of drug-likeness (QED) is 0.184. The van der Waals surface area contributed by atoms with Crippen LogP contribution in [0.3, 0.4) is 0 Å². The van der Waals surface area contributed by atoms with Crippen LogP contribution in [0.5, 0.6) is 0 Å². The molecule has 0 amide bonds. The van der Waals surface area contributed by atoms with Crippen molar-refractivity contribution in [1.82, 2.24) is 9.80 Å². The van der Waals surface area contributed by atoms with Gasteiger partial charge in [0.25, 0.3) is 0 Å². The number of fused-ring (bicyclic) bond motifs is 2. The molecule has 6 heteroatoms. The molecule has 49 heavy (non-hydrogen) atoms. The second kappa shape index (κ2) is 11.8. The van der Waals surface area contributed by atoms with Gasteiger partial charge in [0.2, 0.25) is 0 Å². The number of rotatable bonds is 6. The van der Waals surface area contributed by atoms with Gasteiger partial charge in [-0.1, -0.05) is 158 Å². The predicted octanol–water partition coefficient (Wildman–Crippen LogP) is 8.46. The van der Waals surface area contributed by atoms with E-state index in [1.807, 2.05) is 0 Å². The summed E-state index contributed by atoms with van der Waals surface area (Å²) >= 11 is 0. The minimum atomic E-state index is -0.729. The molecule has 6 nitrogen and oxygen atoms in total. The first-order valence-corrected chi connectivity index (χ1v) is 16.9. The van der Waals surface area contributed by atoms with E-state index in [0.29, 0.717) is 6.42 Å². The number of para-hydroxylation sites is 2. The summed E-state index contributed by atoms with van der Waals surface area (Å²) in [7, 11) is 0. The summed E-state index contributed by atoms with van der Waals surface area (Å²) in [6.45, 7) is 1.43. The molecule has 1 saturated heterocycles. The molecule has 0 aromatic heterocycles. The van der Waals surface area contributed by atoms with Crippen molar-refractivity contribution in [3.05, 3.63) is 204 Å². The second-order valence-corrected chi connectivity index (χ2v) is 12.7. The van der Waals surface area contributed by atoms with Gasteiger partial charge in [-0.05, 0) is 35.4 Å². The van der Waals surface area contributed by atoms with E-state index in [4.69, 9.17) is 10.2 Å². The number of hydrazone groups is 2. The van der Waals surface area contributed by atoms with Crippen molar-refractivity contribution in [2.75, 3.05) is 23.1 Å². The lowest BCUT2D eigenvalue weighted by Crippen LogP contribution is -2.59. The Morgan fingerprint density at radius 3 is 1.02 bits per heavy atom. The highest BCUT2D eigenvalue weighted by atomic mass is 15.7. The Morgan fingerprint density at radius 2 is 0.673 bits per heavy atom. The first-order valence-electron chi connectivity index (χ1n) is 16.9. The maximum Gasteiger partial charge on any atom is 0.166 e. The number of hydrogen-bond donors (Lipinski definition) is 0. The Balaban J connectivity index is 1.37. The maximum atomic E-state index is 5.58. The van der Waals surface area contributed by atoms with Crippen LogP contribution in [-0.4, -0.2) is 34.6 Å². The third-order valence-electron chi connectivity index (χ3n) is 10.1. The molecule has 1 fully saturated rings. The first kappa shape index (κ1) is 29.0. The zero-order valence-corrected chi connectivity index (χ0v) is 27.1. The molecule has 6 aromatic rings. The van der Waals surface area contributed by atoms with Gasteiger partial charge in [0.15, 0.2) is 23.0 Å². The number of benzene rings is 6. The molecule has 0 spiro atoms. The minimum absolute atomic E-state index is 0.623. The van der Waals surface area contributed by atoms with Gasteiger partial charge in [0, 0.05) is 30.6 Å². The molecule has 0 unspecified atom stereocenters. The van der Waals surface area contributed by atoms with Crippen LogP contribution in [0, 0.1) is 0 Å². The molecule has 2 atom stereocenters. The molecule has 3 heterocycles. The molecule has 9 rings (SSSR count). The molecule has 0 saturated carbocycles. The predicted molar refractivity (Wildman–Crippen MR) is 198 cm³/mol. The van der Waals surface area contributed by atoms with Crippen LogP contribution >= 0.6 is 0 Å². The highest BCUT2D eigenvalue weighted by Gasteiger charge is 2.63. The summed E-state index contributed by atoms with van der Waals surface area (Å²) in [6.07, 6.45) is 0.623. The summed E-state index contributed by atoms with van der Waals surface area (Å²) in [6, 6.07) is 64.4. The monoisotopic (exact) mass is 636 g/mol. The molecule has 238 valence electrons. The standard InChI is InChI=1S/C43H36N6/c1-7-19-34(20-8-1)40-44-48(38-27-15-5-16-28-38)42(36-23-11-3-12-24-36)33-43(37-25-13-4-14-26-37)47(32-31-46(40)42)41(35-21-9-2-10-22-35)45-49(43)39-29-17-6-18-30-39/h1-30H,31-33H2/t42-,43-/m0/s1. The van der Waals surface area contributed by atoms with Crippen molar-refractivity contribution in [3.8, 4) is 0 Å². The van der Waals surface area contributed by atoms with Gasteiger partial charge in [-0.15, -0.1) is 0 Å². The van der Waals surface area contributed by atoms with Crippen LogP contribution in [0.2, 0.25) is 0 Å². The average molecular weight is 637 g/mol. The van der Waals surface area contributed by atoms with Gasteiger partial charge < -0.3 is 9.80 Å². The van der Waals surface area contributed by atoms with E-state index in [2.05, 4.69) is 202 Å². The number of anilines is 2. The summed E-state index contributed by atoms with van der Waals surface area (Å²) in [5, 5.41) is 15.7. The normalized spacial score (nSPS) is 21.5. The second-order valence-electron chi connectivity index (χ2n) is 12.7. The number of nitrogens with zero attached hydrogens (tertiary/aromatic N) is 6. The SMILES string of the molecule is c1ccc(C2=NN(c3ccccc3)[C@]3(c4ccccc4)C[C@]4(c5ccccc5)N(CCN23)C(c2ccccc2)=NN4c2ccccc2)cc1. The smallest absolute Gasteiger partial charge is 0.166 e. The summed E-state index contributed by atoms with van der Waals surface area (Å²) in [5.74, 6) is 1.92. The minimum Gasteiger partial charge on any atom is -0.324 e. The fourth-order valence-corrected chi connectivity index (χ4v) is 7.96. The van der Waals surface area contributed by atoms with Gasteiger partial charge in [-0.3, -0.25) is 0 Å². The summed E-state index contributed by atoms with van der Waals surface area (Å²) in [5.41, 5.74) is 5.14. The largest absolute Gasteiger partial charge is 0.324 e. The average Bonchev–Trinajstić information content (AvgIpc) is 3.64. The van der Waals surface area contributed by atoms with Gasteiger partial charge in [0.1, 0.15) is 0 Å². The van der Waals surface area contributed by atoms with Crippen molar-refractivity contribution >= 4 is 23.0 Å².